The Hall–Kier alpha value is -0.860. The van der Waals surface area contributed by atoms with Gasteiger partial charge in [0.15, 0.2) is 0 Å². The molecule has 2 fully saturated rings. The highest BCUT2D eigenvalue weighted by molar-refractivity contribution is 5.20. The van der Waals surface area contributed by atoms with Gasteiger partial charge in [-0.2, -0.15) is 0 Å². The third-order valence-corrected chi connectivity index (χ3v) is 4.53. The quantitative estimate of drug-likeness (QED) is 0.859. The molecule has 92 valence electrons. The molecule has 2 heteroatoms. The molecule has 1 saturated heterocycles. The number of hydrogen-bond acceptors (Lipinski definition) is 2. The third kappa shape index (κ3) is 2.24. The van der Waals surface area contributed by atoms with Crippen LogP contribution in [0.25, 0.3) is 0 Å². The lowest BCUT2D eigenvalue weighted by molar-refractivity contribution is 0.202. The lowest BCUT2D eigenvalue weighted by Crippen LogP contribution is -2.37. The number of fused-ring (bicyclic) bond motifs is 2. The molecule has 1 aromatic rings. The molecular weight excluding hydrogens is 208 g/mol. The van der Waals surface area contributed by atoms with Crippen LogP contribution in [-0.4, -0.2) is 30.6 Å². The molecule has 2 aliphatic rings. The Labute approximate surface area is 104 Å². The van der Waals surface area contributed by atoms with E-state index in [4.69, 9.17) is 5.73 Å². The van der Waals surface area contributed by atoms with Gasteiger partial charge in [-0.25, -0.2) is 0 Å². The Morgan fingerprint density at radius 3 is 2.65 bits per heavy atom. The van der Waals surface area contributed by atoms with Crippen LogP contribution in [0.4, 0.5) is 0 Å². The fourth-order valence-corrected chi connectivity index (χ4v) is 3.57. The van der Waals surface area contributed by atoms with Gasteiger partial charge in [0.25, 0.3) is 0 Å². The first kappa shape index (κ1) is 11.2. The Bertz CT molecular complexity index is 362. The summed E-state index contributed by atoms with van der Waals surface area (Å²) in [7, 11) is 0. The number of hydrogen-bond donors (Lipinski definition) is 1. The van der Waals surface area contributed by atoms with Crippen LogP contribution in [0, 0.1) is 5.92 Å². The van der Waals surface area contributed by atoms with E-state index >= 15 is 0 Å². The maximum Gasteiger partial charge on any atom is 0.00988 e. The molecule has 3 atom stereocenters. The minimum atomic E-state index is 0.510. The minimum Gasteiger partial charge on any atom is -0.330 e. The topological polar surface area (TPSA) is 29.3 Å². The van der Waals surface area contributed by atoms with E-state index in [1.54, 1.807) is 0 Å². The average Bonchev–Trinajstić information content (AvgIpc) is 2.99. The number of nitrogens with two attached hydrogens (primary N) is 1. The Morgan fingerprint density at radius 2 is 2.06 bits per heavy atom. The monoisotopic (exact) mass is 230 g/mol. The van der Waals surface area contributed by atoms with Gasteiger partial charge in [0, 0.05) is 31.6 Å². The van der Waals surface area contributed by atoms with E-state index in [-0.39, 0.29) is 0 Å². The van der Waals surface area contributed by atoms with Crippen molar-refractivity contribution in [1.82, 2.24) is 4.90 Å². The van der Waals surface area contributed by atoms with Crippen molar-refractivity contribution in [1.29, 1.82) is 0 Å². The van der Waals surface area contributed by atoms with E-state index in [9.17, 15) is 0 Å². The molecular formula is C15H22N2. The molecule has 1 aromatic carbocycles. The largest absolute Gasteiger partial charge is 0.330 e. The summed E-state index contributed by atoms with van der Waals surface area (Å²) in [6, 6.07) is 11.6. The summed E-state index contributed by atoms with van der Waals surface area (Å²) < 4.78 is 0. The number of nitrogens with zero attached hydrogens (tertiary/aromatic N) is 1. The van der Waals surface area contributed by atoms with Gasteiger partial charge in [-0.05, 0) is 30.7 Å². The molecule has 17 heavy (non-hydrogen) atoms. The van der Waals surface area contributed by atoms with E-state index in [2.05, 4.69) is 35.2 Å². The van der Waals surface area contributed by atoms with Crippen molar-refractivity contribution in [3.63, 3.8) is 0 Å². The van der Waals surface area contributed by atoms with E-state index < -0.39 is 0 Å². The van der Waals surface area contributed by atoms with Gasteiger partial charge >= 0.3 is 0 Å². The van der Waals surface area contributed by atoms with Gasteiger partial charge in [-0.3, -0.25) is 4.90 Å². The molecule has 3 unspecified atom stereocenters. The Morgan fingerprint density at radius 1 is 1.24 bits per heavy atom. The summed E-state index contributed by atoms with van der Waals surface area (Å²) >= 11 is 0. The third-order valence-electron chi connectivity index (χ3n) is 4.53. The van der Waals surface area contributed by atoms with Gasteiger partial charge in [0.05, 0.1) is 0 Å². The summed E-state index contributed by atoms with van der Waals surface area (Å²) in [5.41, 5.74) is 7.36. The zero-order valence-corrected chi connectivity index (χ0v) is 10.4. The van der Waals surface area contributed by atoms with E-state index in [1.165, 1.54) is 31.4 Å². The molecule has 2 nitrogen and oxygen atoms in total. The average molecular weight is 230 g/mol. The van der Waals surface area contributed by atoms with Crippen LogP contribution in [0.1, 0.15) is 30.7 Å². The highest BCUT2D eigenvalue weighted by atomic mass is 15.2. The van der Waals surface area contributed by atoms with Crippen molar-refractivity contribution in [3.05, 3.63) is 35.9 Å². The minimum absolute atomic E-state index is 0.510. The first-order valence-electron chi connectivity index (χ1n) is 6.86. The van der Waals surface area contributed by atoms with Gasteiger partial charge in [0.2, 0.25) is 0 Å². The van der Waals surface area contributed by atoms with Crippen molar-refractivity contribution in [2.45, 2.75) is 31.2 Å². The maximum absolute atomic E-state index is 5.95. The molecule has 2 N–H and O–H groups in total. The lowest BCUT2D eigenvalue weighted by atomic mass is 9.97. The molecule has 0 radical (unpaired) electrons. The van der Waals surface area contributed by atoms with Crippen LogP contribution in [-0.2, 0) is 0 Å². The molecule has 3 rings (SSSR count). The second kappa shape index (κ2) is 4.79. The van der Waals surface area contributed by atoms with Gasteiger partial charge in [-0.1, -0.05) is 30.3 Å². The molecule has 1 heterocycles. The lowest BCUT2D eigenvalue weighted by Gasteiger charge is -2.30. The second-order valence-electron chi connectivity index (χ2n) is 5.63. The SMILES string of the molecule is NCC(CN1CC2CCC1C2)c1ccccc1. The van der Waals surface area contributed by atoms with Crippen molar-refractivity contribution in [3.8, 4) is 0 Å². The van der Waals surface area contributed by atoms with Crippen LogP contribution in [0.15, 0.2) is 30.3 Å². The zero-order valence-electron chi connectivity index (χ0n) is 10.4. The summed E-state index contributed by atoms with van der Waals surface area (Å²) in [5, 5.41) is 0. The summed E-state index contributed by atoms with van der Waals surface area (Å²) in [6.45, 7) is 3.23. The number of likely N-dealkylation sites (tertiary alicyclic amines) is 1. The van der Waals surface area contributed by atoms with E-state index in [0.717, 1.165) is 25.0 Å². The van der Waals surface area contributed by atoms with Crippen molar-refractivity contribution in [2.75, 3.05) is 19.6 Å². The van der Waals surface area contributed by atoms with Crippen molar-refractivity contribution in [2.24, 2.45) is 11.7 Å². The first-order chi connectivity index (χ1) is 8.36. The molecule has 2 bridgehead atoms. The normalized spacial score (nSPS) is 29.7. The van der Waals surface area contributed by atoms with Gasteiger partial charge < -0.3 is 5.73 Å². The summed E-state index contributed by atoms with van der Waals surface area (Å²) in [6.07, 6.45) is 4.31. The number of piperidine rings is 1. The fourth-order valence-electron chi connectivity index (χ4n) is 3.57. The molecule has 1 aliphatic heterocycles. The van der Waals surface area contributed by atoms with Crippen LogP contribution < -0.4 is 5.73 Å². The molecule has 1 aliphatic carbocycles. The van der Waals surface area contributed by atoms with Crippen LogP contribution in [0.2, 0.25) is 0 Å². The fraction of sp³-hybridized carbons (Fsp3) is 0.600. The standard InChI is InChI=1S/C15H22N2/c16-9-14(13-4-2-1-3-5-13)11-17-10-12-6-7-15(17)8-12/h1-5,12,14-15H,6-11,16H2. The smallest absolute Gasteiger partial charge is 0.00988 e. The van der Waals surface area contributed by atoms with Gasteiger partial charge in [0.1, 0.15) is 0 Å². The van der Waals surface area contributed by atoms with Gasteiger partial charge in [-0.15, -0.1) is 0 Å². The zero-order chi connectivity index (χ0) is 11.7. The second-order valence-corrected chi connectivity index (χ2v) is 5.63. The van der Waals surface area contributed by atoms with Crippen molar-refractivity contribution >= 4 is 0 Å². The Balaban J connectivity index is 1.67. The predicted molar refractivity (Wildman–Crippen MR) is 70.9 cm³/mol. The first-order valence-corrected chi connectivity index (χ1v) is 6.86. The van der Waals surface area contributed by atoms with Crippen LogP contribution in [0.5, 0.6) is 0 Å². The van der Waals surface area contributed by atoms with Crippen molar-refractivity contribution < 1.29 is 0 Å². The van der Waals surface area contributed by atoms with E-state index in [1.807, 2.05) is 0 Å². The highest BCUT2D eigenvalue weighted by Gasteiger charge is 2.38. The molecule has 1 saturated carbocycles. The summed E-state index contributed by atoms with van der Waals surface area (Å²) in [4.78, 5) is 2.68. The van der Waals surface area contributed by atoms with Crippen LogP contribution >= 0.6 is 0 Å². The molecule has 0 aromatic heterocycles. The number of benzene rings is 1. The molecule has 0 amide bonds. The molecule has 0 spiro atoms. The van der Waals surface area contributed by atoms with Crippen LogP contribution in [0.3, 0.4) is 0 Å². The number of rotatable bonds is 4. The maximum atomic E-state index is 5.95. The summed E-state index contributed by atoms with van der Waals surface area (Å²) in [5.74, 6) is 1.49. The predicted octanol–water partition coefficient (Wildman–Crippen LogP) is 2.21. The Kier molecular flexibility index (Phi) is 3.17. The van der Waals surface area contributed by atoms with E-state index in [0.29, 0.717) is 5.92 Å². The highest BCUT2D eigenvalue weighted by Crippen LogP contribution is 2.38.